The fourth-order valence-corrected chi connectivity index (χ4v) is 5.99. The van der Waals surface area contributed by atoms with Crippen LogP contribution in [0.5, 0.6) is 5.75 Å². The van der Waals surface area contributed by atoms with Crippen molar-refractivity contribution < 1.29 is 19.8 Å². The number of nitrogens with zero attached hydrogens (tertiary/aromatic N) is 3. The third kappa shape index (κ3) is 5.18. The summed E-state index contributed by atoms with van der Waals surface area (Å²) in [6, 6.07) is 21.9. The Bertz CT molecular complexity index is 1410. The van der Waals surface area contributed by atoms with Crippen LogP contribution >= 0.6 is 22.6 Å². The maximum absolute atomic E-state index is 14.0. The minimum absolute atomic E-state index is 0.143. The van der Waals surface area contributed by atoms with E-state index in [0.717, 1.165) is 37.2 Å². The molecule has 1 aromatic heterocycles. The van der Waals surface area contributed by atoms with Crippen LogP contribution in [-0.2, 0) is 35.5 Å². The lowest BCUT2D eigenvalue weighted by Crippen LogP contribution is -2.50. The minimum atomic E-state index is -1.03. The summed E-state index contributed by atoms with van der Waals surface area (Å²) >= 11 is 2.12. The number of amides is 1. The number of aromatic hydroxyl groups is 1. The zero-order chi connectivity index (χ0) is 26.8. The summed E-state index contributed by atoms with van der Waals surface area (Å²) in [4.78, 5) is 32.5. The number of phenols is 1. The van der Waals surface area contributed by atoms with Gasteiger partial charge in [0.1, 0.15) is 11.8 Å². The number of aromatic nitrogens is 2. The standard InChI is InChI=1S/C30H28IN3O4/c1-19-14-20(15-23(31)28(19)35)12-13-33-18-32-24-17-34(26(30(37)38)16-25(24)33)29(36)27(21-8-4-2-5-9-21)22-10-6-3-7-11-22/h2-11,14-15,18,26-27,35H,12-13,16-17H2,1H3,(H,37,38)/t26-/m0/s1. The molecule has 1 aliphatic heterocycles. The summed E-state index contributed by atoms with van der Waals surface area (Å²) in [5.41, 5.74) is 5.13. The van der Waals surface area contributed by atoms with Gasteiger partial charge in [-0.25, -0.2) is 9.78 Å². The van der Waals surface area contributed by atoms with Crippen molar-refractivity contribution >= 4 is 34.5 Å². The van der Waals surface area contributed by atoms with Crippen LogP contribution in [0.2, 0.25) is 0 Å². The van der Waals surface area contributed by atoms with Crippen molar-refractivity contribution in [3.63, 3.8) is 0 Å². The van der Waals surface area contributed by atoms with Crippen LogP contribution in [0.4, 0.5) is 0 Å². The summed E-state index contributed by atoms with van der Waals surface area (Å²) in [5, 5.41) is 20.2. The lowest BCUT2D eigenvalue weighted by atomic mass is 9.88. The largest absolute Gasteiger partial charge is 0.507 e. The van der Waals surface area contributed by atoms with Crippen LogP contribution in [0.25, 0.3) is 0 Å². The molecule has 0 radical (unpaired) electrons. The predicted molar refractivity (Wildman–Crippen MR) is 152 cm³/mol. The summed E-state index contributed by atoms with van der Waals surface area (Å²) in [5.74, 6) is -1.58. The smallest absolute Gasteiger partial charge is 0.326 e. The van der Waals surface area contributed by atoms with Gasteiger partial charge in [0.15, 0.2) is 0 Å². The van der Waals surface area contributed by atoms with Crippen molar-refractivity contribution in [3.05, 3.63) is 116 Å². The molecule has 1 amide bonds. The summed E-state index contributed by atoms with van der Waals surface area (Å²) < 4.78 is 2.80. The van der Waals surface area contributed by atoms with E-state index in [1.807, 2.05) is 84.3 Å². The highest BCUT2D eigenvalue weighted by Gasteiger charge is 2.40. The molecule has 0 saturated heterocycles. The monoisotopic (exact) mass is 621 g/mol. The Labute approximate surface area is 234 Å². The number of rotatable bonds is 7. The highest BCUT2D eigenvalue weighted by atomic mass is 127. The Hall–Kier alpha value is -3.66. The molecule has 1 aliphatic rings. The SMILES string of the molecule is Cc1cc(CCn2cnc3c2C[C@@H](C(=O)O)N(C(=O)C(c2ccccc2)c2ccccc2)C3)cc(I)c1O. The number of carboxylic acid groups (broad SMARTS) is 1. The number of fused-ring (bicyclic) bond motifs is 1. The van der Waals surface area contributed by atoms with Crippen molar-refractivity contribution in [1.82, 2.24) is 14.5 Å². The molecule has 3 aromatic carbocycles. The second kappa shape index (κ2) is 11.0. The molecule has 0 unspecified atom stereocenters. The van der Waals surface area contributed by atoms with Crippen molar-refractivity contribution in [1.29, 1.82) is 0 Å². The Kier molecular flexibility index (Phi) is 7.51. The second-order valence-corrected chi connectivity index (χ2v) is 10.8. The summed E-state index contributed by atoms with van der Waals surface area (Å²) in [6.45, 7) is 2.64. The van der Waals surface area contributed by atoms with E-state index in [2.05, 4.69) is 27.6 Å². The number of phenolic OH excluding ortho intramolecular Hbond substituents is 1. The van der Waals surface area contributed by atoms with E-state index in [1.165, 1.54) is 4.90 Å². The lowest BCUT2D eigenvalue weighted by molar-refractivity contribution is -0.151. The van der Waals surface area contributed by atoms with E-state index in [-0.39, 0.29) is 18.9 Å². The molecule has 0 fully saturated rings. The highest BCUT2D eigenvalue weighted by Crippen LogP contribution is 2.32. The van der Waals surface area contributed by atoms with E-state index in [9.17, 15) is 19.8 Å². The Morgan fingerprint density at radius 3 is 2.26 bits per heavy atom. The first-order valence-corrected chi connectivity index (χ1v) is 13.6. The van der Waals surface area contributed by atoms with Crippen LogP contribution in [0.15, 0.2) is 79.1 Å². The predicted octanol–water partition coefficient (Wildman–Crippen LogP) is 4.91. The highest BCUT2D eigenvalue weighted by molar-refractivity contribution is 14.1. The molecule has 7 nitrogen and oxygen atoms in total. The molecule has 2 heterocycles. The number of hydrogen-bond acceptors (Lipinski definition) is 4. The zero-order valence-electron chi connectivity index (χ0n) is 20.9. The van der Waals surface area contributed by atoms with Crippen LogP contribution in [0.1, 0.15) is 39.6 Å². The first-order valence-electron chi connectivity index (χ1n) is 12.5. The van der Waals surface area contributed by atoms with Crippen LogP contribution in [0.3, 0.4) is 0 Å². The van der Waals surface area contributed by atoms with Gasteiger partial charge in [-0.2, -0.15) is 0 Å². The molecular weight excluding hydrogens is 593 g/mol. The van der Waals surface area contributed by atoms with Crippen molar-refractivity contribution in [2.24, 2.45) is 0 Å². The van der Waals surface area contributed by atoms with Crippen LogP contribution in [0, 0.1) is 10.5 Å². The maximum Gasteiger partial charge on any atom is 0.326 e. The average Bonchev–Trinajstić information content (AvgIpc) is 3.33. The zero-order valence-corrected chi connectivity index (χ0v) is 23.1. The van der Waals surface area contributed by atoms with Crippen molar-refractivity contribution in [2.75, 3.05) is 0 Å². The van der Waals surface area contributed by atoms with Gasteiger partial charge in [-0.3, -0.25) is 4.79 Å². The normalized spacial score (nSPS) is 14.9. The molecule has 38 heavy (non-hydrogen) atoms. The number of hydrogen-bond donors (Lipinski definition) is 2. The average molecular weight is 621 g/mol. The molecule has 4 aromatic rings. The minimum Gasteiger partial charge on any atom is -0.507 e. The number of benzene rings is 3. The molecule has 194 valence electrons. The Morgan fingerprint density at radius 1 is 1.05 bits per heavy atom. The molecule has 0 aliphatic carbocycles. The van der Waals surface area contributed by atoms with Crippen molar-refractivity contribution in [3.8, 4) is 5.75 Å². The Morgan fingerprint density at radius 2 is 1.68 bits per heavy atom. The first kappa shape index (κ1) is 26.0. The lowest BCUT2D eigenvalue weighted by Gasteiger charge is -2.35. The van der Waals surface area contributed by atoms with E-state index >= 15 is 0 Å². The van der Waals surface area contributed by atoms with Gasteiger partial charge in [-0.1, -0.05) is 66.7 Å². The summed E-state index contributed by atoms with van der Waals surface area (Å²) in [6.07, 6.45) is 2.64. The molecule has 5 rings (SSSR count). The quantitative estimate of drug-likeness (QED) is 0.286. The van der Waals surface area contributed by atoms with E-state index in [0.29, 0.717) is 18.7 Å². The molecule has 1 atom stereocenters. The second-order valence-electron chi connectivity index (χ2n) is 9.60. The van der Waals surface area contributed by atoms with Gasteiger partial charge in [0.25, 0.3) is 0 Å². The van der Waals surface area contributed by atoms with Gasteiger partial charge in [-0.05, 0) is 64.3 Å². The van der Waals surface area contributed by atoms with Gasteiger partial charge < -0.3 is 19.7 Å². The topological polar surface area (TPSA) is 95.7 Å². The third-order valence-corrected chi connectivity index (χ3v) is 7.97. The number of halogens is 1. The van der Waals surface area contributed by atoms with Gasteiger partial charge in [-0.15, -0.1) is 0 Å². The number of carboxylic acids is 1. The number of imidazole rings is 1. The van der Waals surface area contributed by atoms with E-state index < -0.39 is 17.9 Å². The van der Waals surface area contributed by atoms with Crippen LogP contribution in [-0.4, -0.2) is 42.6 Å². The van der Waals surface area contributed by atoms with Gasteiger partial charge in [0.05, 0.1) is 28.1 Å². The molecule has 0 bridgehead atoms. The van der Waals surface area contributed by atoms with Crippen LogP contribution < -0.4 is 0 Å². The molecule has 0 saturated carbocycles. The third-order valence-electron chi connectivity index (χ3n) is 7.15. The number of carbonyl (C=O) groups is 2. The van der Waals surface area contributed by atoms with E-state index in [1.54, 1.807) is 6.33 Å². The van der Waals surface area contributed by atoms with E-state index in [4.69, 9.17) is 0 Å². The molecule has 2 N–H and O–H groups in total. The van der Waals surface area contributed by atoms with Gasteiger partial charge in [0, 0.05) is 18.7 Å². The molecule has 0 spiro atoms. The van der Waals surface area contributed by atoms with Gasteiger partial charge in [0.2, 0.25) is 5.91 Å². The molecule has 8 heteroatoms. The number of aliphatic carboxylic acids is 1. The maximum atomic E-state index is 14.0. The first-order chi connectivity index (χ1) is 18.3. The number of carbonyl (C=O) groups excluding carboxylic acids is 1. The fraction of sp³-hybridized carbons (Fsp3) is 0.233. The van der Waals surface area contributed by atoms with Gasteiger partial charge >= 0.3 is 5.97 Å². The number of aryl methyl sites for hydroxylation is 3. The van der Waals surface area contributed by atoms with Crippen molar-refractivity contribution in [2.45, 2.75) is 44.8 Å². The fourth-order valence-electron chi connectivity index (χ4n) is 5.16. The molecular formula is C30H28IN3O4. The summed E-state index contributed by atoms with van der Waals surface area (Å²) in [7, 11) is 0. The Balaban J connectivity index is 1.42.